The molecule has 5 heteroatoms. The van der Waals surface area contributed by atoms with E-state index in [1.165, 1.54) is 0 Å². The highest BCUT2D eigenvalue weighted by atomic mass is 16.5. The van der Waals surface area contributed by atoms with Crippen LogP contribution >= 0.6 is 0 Å². The van der Waals surface area contributed by atoms with Gasteiger partial charge in [-0.15, -0.1) is 0 Å². The highest BCUT2D eigenvalue weighted by Crippen LogP contribution is 2.37. The standard InChI is InChI=1S/C19H22N4O/c20-15-5-3-4-14(12-15)13-21-18-19(8-10-24-11-9-19)23-17-7-2-1-6-16(17)22-18/h1-7,12,23H,8-11,13,20H2,(H,21,22). The Labute approximate surface area is 141 Å². The van der Waals surface area contributed by atoms with Crippen LogP contribution in [-0.2, 0) is 11.3 Å². The second-order valence-corrected chi connectivity index (χ2v) is 6.40. The highest BCUT2D eigenvalue weighted by molar-refractivity contribution is 6.00. The molecular weight excluding hydrogens is 300 g/mol. The van der Waals surface area contributed by atoms with Crippen molar-refractivity contribution in [1.82, 2.24) is 5.32 Å². The highest BCUT2D eigenvalue weighted by Gasteiger charge is 2.40. The maximum Gasteiger partial charge on any atom is 0.129 e. The molecule has 0 saturated carbocycles. The normalized spacial score (nSPS) is 18.4. The van der Waals surface area contributed by atoms with Gasteiger partial charge in [0, 0.05) is 38.3 Å². The van der Waals surface area contributed by atoms with Gasteiger partial charge < -0.3 is 21.1 Å². The fraction of sp³-hybridized carbons (Fsp3) is 0.316. The minimum atomic E-state index is -0.174. The van der Waals surface area contributed by atoms with Crippen molar-refractivity contribution in [1.29, 1.82) is 0 Å². The number of anilines is 2. The summed E-state index contributed by atoms with van der Waals surface area (Å²) in [6.07, 6.45) is 1.81. The Morgan fingerprint density at radius 2 is 1.96 bits per heavy atom. The zero-order valence-corrected chi connectivity index (χ0v) is 13.6. The number of benzene rings is 2. The third-order valence-corrected chi connectivity index (χ3v) is 4.72. The molecule has 24 heavy (non-hydrogen) atoms. The molecule has 4 N–H and O–H groups in total. The van der Waals surface area contributed by atoms with Gasteiger partial charge in [-0.2, -0.15) is 0 Å². The number of rotatable bonds is 2. The van der Waals surface area contributed by atoms with Crippen molar-refractivity contribution in [3.63, 3.8) is 0 Å². The summed E-state index contributed by atoms with van der Waals surface area (Å²) in [5, 5.41) is 7.26. The van der Waals surface area contributed by atoms with Gasteiger partial charge >= 0.3 is 0 Å². The van der Waals surface area contributed by atoms with E-state index in [0.29, 0.717) is 6.54 Å². The Hall–Kier alpha value is -2.53. The third-order valence-electron chi connectivity index (χ3n) is 4.72. The van der Waals surface area contributed by atoms with Crippen molar-refractivity contribution >= 4 is 22.9 Å². The topological polar surface area (TPSA) is 71.7 Å². The van der Waals surface area contributed by atoms with E-state index in [2.05, 4.69) is 22.8 Å². The van der Waals surface area contributed by atoms with Crippen LogP contribution in [0.2, 0.25) is 0 Å². The maximum absolute atomic E-state index is 5.88. The van der Waals surface area contributed by atoms with Crippen LogP contribution in [0.25, 0.3) is 0 Å². The molecule has 2 aromatic rings. The predicted molar refractivity (Wildman–Crippen MR) is 97.6 cm³/mol. The first kappa shape index (κ1) is 15.0. The molecule has 2 heterocycles. The molecule has 0 amide bonds. The number of ether oxygens (including phenoxy) is 1. The quantitative estimate of drug-likeness (QED) is 0.743. The van der Waals surface area contributed by atoms with Gasteiger partial charge in [-0.3, -0.25) is 0 Å². The molecule has 2 aliphatic rings. The molecule has 5 nitrogen and oxygen atoms in total. The predicted octanol–water partition coefficient (Wildman–Crippen LogP) is 3.06. The maximum atomic E-state index is 5.88. The molecule has 1 fully saturated rings. The number of hydrogen-bond acceptors (Lipinski definition) is 5. The molecule has 4 rings (SSSR count). The van der Waals surface area contributed by atoms with Gasteiger partial charge in [-0.05, 0) is 29.8 Å². The average Bonchev–Trinajstić information content (AvgIpc) is 2.61. The number of nitrogens with two attached hydrogens (primary N) is 1. The van der Waals surface area contributed by atoms with Crippen LogP contribution in [0, 0.1) is 0 Å². The van der Waals surface area contributed by atoms with Crippen LogP contribution in [0.15, 0.2) is 53.5 Å². The van der Waals surface area contributed by atoms with Gasteiger partial charge in [0.2, 0.25) is 0 Å². The number of nitrogens with zero attached hydrogens (tertiary/aromatic N) is 1. The molecule has 2 aromatic carbocycles. The SMILES string of the molecule is Nc1cccc(CNC2=Nc3ccccc3NC23CCOCC3)c1. The van der Waals surface area contributed by atoms with Crippen LogP contribution in [0.3, 0.4) is 0 Å². The van der Waals surface area contributed by atoms with Crippen LogP contribution in [-0.4, -0.2) is 24.6 Å². The van der Waals surface area contributed by atoms with Crippen molar-refractivity contribution in [3.8, 4) is 0 Å². The summed E-state index contributed by atoms with van der Waals surface area (Å²) in [7, 11) is 0. The van der Waals surface area contributed by atoms with Gasteiger partial charge in [0.05, 0.1) is 16.9 Å². The van der Waals surface area contributed by atoms with Crippen molar-refractivity contribution in [2.75, 3.05) is 24.3 Å². The average molecular weight is 322 g/mol. The number of aliphatic imine (C=N–C) groups is 1. The van der Waals surface area contributed by atoms with E-state index in [1.54, 1.807) is 0 Å². The summed E-state index contributed by atoms with van der Waals surface area (Å²) in [5.74, 6) is 0.993. The second-order valence-electron chi connectivity index (χ2n) is 6.40. The van der Waals surface area contributed by atoms with Crippen molar-refractivity contribution in [3.05, 3.63) is 54.1 Å². The molecule has 2 aliphatic heterocycles. The molecular formula is C19H22N4O. The van der Waals surface area contributed by atoms with Crippen molar-refractivity contribution < 1.29 is 4.74 Å². The van der Waals surface area contributed by atoms with Crippen LogP contribution in [0.1, 0.15) is 18.4 Å². The largest absolute Gasteiger partial charge is 0.399 e. The first-order valence-electron chi connectivity index (χ1n) is 8.38. The summed E-state index contributed by atoms with van der Waals surface area (Å²) in [5.41, 5.74) is 9.71. The number of amidine groups is 1. The van der Waals surface area contributed by atoms with Gasteiger partial charge in [0.25, 0.3) is 0 Å². The van der Waals surface area contributed by atoms with E-state index in [-0.39, 0.29) is 5.54 Å². The third kappa shape index (κ3) is 2.83. The first-order chi connectivity index (χ1) is 11.8. The van der Waals surface area contributed by atoms with E-state index < -0.39 is 0 Å². The molecule has 0 atom stereocenters. The van der Waals surface area contributed by atoms with E-state index in [1.807, 2.05) is 36.4 Å². The second kappa shape index (κ2) is 6.17. The fourth-order valence-corrected chi connectivity index (χ4v) is 3.40. The van der Waals surface area contributed by atoms with E-state index in [9.17, 15) is 0 Å². The van der Waals surface area contributed by atoms with Crippen molar-refractivity contribution in [2.45, 2.75) is 24.9 Å². The smallest absolute Gasteiger partial charge is 0.129 e. The summed E-state index contributed by atoms with van der Waals surface area (Å²) in [6, 6.07) is 16.1. The van der Waals surface area contributed by atoms with Gasteiger partial charge in [-0.25, -0.2) is 4.99 Å². The summed E-state index contributed by atoms with van der Waals surface area (Å²) >= 11 is 0. The van der Waals surface area contributed by atoms with E-state index in [0.717, 1.165) is 54.5 Å². The zero-order chi connectivity index (χ0) is 16.4. The Balaban J connectivity index is 1.63. The Morgan fingerprint density at radius 1 is 1.12 bits per heavy atom. The van der Waals surface area contributed by atoms with Crippen LogP contribution in [0.4, 0.5) is 17.1 Å². The van der Waals surface area contributed by atoms with Crippen LogP contribution in [0.5, 0.6) is 0 Å². The fourth-order valence-electron chi connectivity index (χ4n) is 3.40. The Kier molecular flexibility index (Phi) is 3.86. The van der Waals surface area contributed by atoms with Gasteiger partial charge in [0.15, 0.2) is 0 Å². The summed E-state index contributed by atoms with van der Waals surface area (Å²) < 4.78 is 5.57. The lowest BCUT2D eigenvalue weighted by atomic mass is 9.86. The molecule has 0 bridgehead atoms. The van der Waals surface area contributed by atoms with E-state index in [4.69, 9.17) is 15.5 Å². The number of nitrogen functional groups attached to an aromatic ring is 1. The lowest BCUT2D eigenvalue weighted by Gasteiger charge is -2.42. The lowest BCUT2D eigenvalue weighted by molar-refractivity contribution is 0.0771. The molecule has 0 aromatic heterocycles. The number of nitrogens with one attached hydrogen (secondary N) is 2. The Morgan fingerprint density at radius 3 is 2.79 bits per heavy atom. The molecule has 0 radical (unpaired) electrons. The minimum absolute atomic E-state index is 0.174. The van der Waals surface area contributed by atoms with Crippen LogP contribution < -0.4 is 16.4 Å². The van der Waals surface area contributed by atoms with E-state index >= 15 is 0 Å². The van der Waals surface area contributed by atoms with Gasteiger partial charge in [-0.1, -0.05) is 24.3 Å². The molecule has 1 saturated heterocycles. The summed E-state index contributed by atoms with van der Waals surface area (Å²) in [4.78, 5) is 4.92. The Bertz CT molecular complexity index is 765. The number of hydrogen-bond donors (Lipinski definition) is 3. The molecule has 0 aliphatic carbocycles. The first-order valence-corrected chi connectivity index (χ1v) is 8.38. The number of fused-ring (bicyclic) bond motifs is 1. The molecule has 1 spiro atoms. The molecule has 0 unspecified atom stereocenters. The van der Waals surface area contributed by atoms with Gasteiger partial charge in [0.1, 0.15) is 5.84 Å². The lowest BCUT2D eigenvalue weighted by Crippen LogP contribution is -2.56. The zero-order valence-electron chi connectivity index (χ0n) is 13.6. The minimum Gasteiger partial charge on any atom is -0.399 e. The van der Waals surface area contributed by atoms with Crippen molar-refractivity contribution in [2.24, 2.45) is 4.99 Å². The monoisotopic (exact) mass is 322 g/mol. The number of para-hydroxylation sites is 2. The molecule has 124 valence electrons. The summed E-state index contributed by atoms with van der Waals surface area (Å²) in [6.45, 7) is 2.19.